The molecule has 0 unspecified atom stereocenters. The third-order valence-electron chi connectivity index (χ3n) is 2.59. The molecule has 0 atom stereocenters. The lowest BCUT2D eigenvalue weighted by atomic mass is 10.1. The Morgan fingerprint density at radius 3 is 2.35 bits per heavy atom. The first-order chi connectivity index (χ1) is 9.49. The topological polar surface area (TPSA) is 66.4 Å². The van der Waals surface area contributed by atoms with Gasteiger partial charge < -0.3 is 10.4 Å². The van der Waals surface area contributed by atoms with Crippen LogP contribution in [0.5, 0.6) is 0 Å². The zero-order valence-electron chi connectivity index (χ0n) is 10.1. The normalized spacial score (nSPS) is 10.1. The van der Waals surface area contributed by atoms with E-state index < -0.39 is 11.9 Å². The van der Waals surface area contributed by atoms with Crippen LogP contribution in [-0.2, 0) is 0 Å². The van der Waals surface area contributed by atoms with Gasteiger partial charge in [0.15, 0.2) is 0 Å². The second kappa shape index (κ2) is 5.94. The standard InChI is InChI=1S/C14H9Cl2NO3/c15-10-6-5-8(7-11(10)16)13(18)17-12-4-2-1-3-9(12)14(19)20/h1-7H,(H,17,18)(H,19,20). The van der Waals surface area contributed by atoms with Crippen molar-refractivity contribution in [2.75, 3.05) is 5.32 Å². The second-order valence-corrected chi connectivity index (χ2v) is 4.75. The highest BCUT2D eigenvalue weighted by atomic mass is 35.5. The zero-order valence-corrected chi connectivity index (χ0v) is 11.6. The lowest BCUT2D eigenvalue weighted by Gasteiger charge is -2.08. The van der Waals surface area contributed by atoms with E-state index in [1.54, 1.807) is 12.1 Å². The molecule has 2 aromatic carbocycles. The lowest BCUT2D eigenvalue weighted by molar-refractivity contribution is 0.0698. The molecule has 0 fully saturated rings. The zero-order chi connectivity index (χ0) is 14.7. The van der Waals surface area contributed by atoms with E-state index in [4.69, 9.17) is 28.3 Å². The predicted molar refractivity (Wildman–Crippen MR) is 77.8 cm³/mol. The number of carboxylic acids is 1. The Labute approximate surface area is 124 Å². The van der Waals surface area contributed by atoms with Crippen molar-refractivity contribution < 1.29 is 14.7 Å². The molecule has 4 nitrogen and oxygen atoms in total. The Morgan fingerprint density at radius 1 is 1.00 bits per heavy atom. The van der Waals surface area contributed by atoms with Crippen LogP contribution in [0.2, 0.25) is 10.0 Å². The molecule has 0 saturated heterocycles. The van der Waals surface area contributed by atoms with Crippen LogP contribution in [0.3, 0.4) is 0 Å². The summed E-state index contributed by atoms with van der Waals surface area (Å²) in [5.41, 5.74) is 0.525. The Kier molecular flexibility index (Phi) is 4.27. The number of hydrogen-bond acceptors (Lipinski definition) is 2. The summed E-state index contributed by atoms with van der Waals surface area (Å²) in [6.45, 7) is 0. The van der Waals surface area contributed by atoms with Crippen molar-refractivity contribution in [3.8, 4) is 0 Å². The van der Waals surface area contributed by atoms with Gasteiger partial charge in [-0.2, -0.15) is 0 Å². The van der Waals surface area contributed by atoms with Gasteiger partial charge in [-0.05, 0) is 30.3 Å². The number of hydrogen-bond donors (Lipinski definition) is 2. The van der Waals surface area contributed by atoms with Crippen LogP contribution in [0.1, 0.15) is 20.7 Å². The van der Waals surface area contributed by atoms with Crippen LogP contribution in [0.25, 0.3) is 0 Å². The first-order valence-electron chi connectivity index (χ1n) is 5.58. The number of anilines is 1. The molecule has 0 bridgehead atoms. The summed E-state index contributed by atoms with van der Waals surface area (Å²) in [5, 5.41) is 12.2. The molecule has 0 aliphatic heterocycles. The largest absolute Gasteiger partial charge is 0.478 e. The molecular formula is C14H9Cl2NO3. The average Bonchev–Trinajstić information content (AvgIpc) is 2.42. The molecule has 0 spiro atoms. The van der Waals surface area contributed by atoms with Crippen molar-refractivity contribution in [3.63, 3.8) is 0 Å². The van der Waals surface area contributed by atoms with Gasteiger partial charge in [0, 0.05) is 5.56 Å². The molecule has 102 valence electrons. The van der Waals surface area contributed by atoms with Gasteiger partial charge in [-0.25, -0.2) is 4.79 Å². The van der Waals surface area contributed by atoms with E-state index in [9.17, 15) is 9.59 Å². The molecule has 2 rings (SSSR count). The van der Waals surface area contributed by atoms with E-state index >= 15 is 0 Å². The Hall–Kier alpha value is -2.04. The number of para-hydroxylation sites is 1. The quantitative estimate of drug-likeness (QED) is 0.902. The monoisotopic (exact) mass is 309 g/mol. The van der Waals surface area contributed by atoms with Gasteiger partial charge in [-0.3, -0.25) is 4.79 Å². The van der Waals surface area contributed by atoms with Crippen molar-refractivity contribution in [2.24, 2.45) is 0 Å². The lowest BCUT2D eigenvalue weighted by Crippen LogP contribution is -2.14. The highest BCUT2D eigenvalue weighted by Crippen LogP contribution is 2.23. The second-order valence-electron chi connectivity index (χ2n) is 3.93. The van der Waals surface area contributed by atoms with Crippen molar-refractivity contribution in [3.05, 3.63) is 63.6 Å². The summed E-state index contributed by atoms with van der Waals surface area (Å²) in [5.74, 6) is -1.58. The maximum absolute atomic E-state index is 12.0. The van der Waals surface area contributed by atoms with E-state index in [0.717, 1.165) is 0 Å². The maximum atomic E-state index is 12.0. The van der Waals surface area contributed by atoms with Gasteiger partial charge in [-0.15, -0.1) is 0 Å². The van der Waals surface area contributed by atoms with Crippen molar-refractivity contribution in [1.82, 2.24) is 0 Å². The van der Waals surface area contributed by atoms with Crippen molar-refractivity contribution in [1.29, 1.82) is 0 Å². The van der Waals surface area contributed by atoms with E-state index in [2.05, 4.69) is 5.32 Å². The van der Waals surface area contributed by atoms with Gasteiger partial charge in [0.25, 0.3) is 5.91 Å². The number of carbonyl (C=O) groups excluding carboxylic acids is 1. The SMILES string of the molecule is O=C(Nc1ccccc1C(=O)O)c1ccc(Cl)c(Cl)c1. The van der Waals surface area contributed by atoms with E-state index in [-0.39, 0.29) is 16.3 Å². The molecule has 0 heterocycles. The van der Waals surface area contributed by atoms with E-state index in [0.29, 0.717) is 10.6 Å². The summed E-state index contributed by atoms with van der Waals surface area (Å²) in [7, 11) is 0. The molecule has 2 N–H and O–H groups in total. The molecule has 0 radical (unpaired) electrons. The highest BCUT2D eigenvalue weighted by Gasteiger charge is 2.13. The van der Waals surface area contributed by atoms with E-state index in [1.807, 2.05) is 0 Å². The maximum Gasteiger partial charge on any atom is 0.337 e. The molecule has 0 aliphatic carbocycles. The van der Waals surface area contributed by atoms with Gasteiger partial charge in [0.1, 0.15) is 0 Å². The highest BCUT2D eigenvalue weighted by molar-refractivity contribution is 6.42. The fourth-order valence-electron chi connectivity index (χ4n) is 1.61. The number of nitrogens with one attached hydrogen (secondary N) is 1. The van der Waals surface area contributed by atoms with E-state index in [1.165, 1.54) is 30.3 Å². The summed E-state index contributed by atoms with van der Waals surface area (Å²) < 4.78 is 0. The molecule has 0 aliphatic rings. The summed E-state index contributed by atoms with van der Waals surface area (Å²) in [4.78, 5) is 23.1. The third-order valence-corrected chi connectivity index (χ3v) is 3.33. The Morgan fingerprint density at radius 2 is 1.70 bits per heavy atom. The van der Waals surface area contributed by atoms with Gasteiger partial charge >= 0.3 is 5.97 Å². The number of benzene rings is 2. The molecule has 0 aromatic heterocycles. The number of aromatic carboxylic acids is 1. The first kappa shape index (κ1) is 14.4. The summed E-state index contributed by atoms with van der Waals surface area (Å²) in [6.07, 6.45) is 0. The summed E-state index contributed by atoms with van der Waals surface area (Å²) in [6, 6.07) is 10.6. The minimum Gasteiger partial charge on any atom is -0.478 e. The van der Waals surface area contributed by atoms with Gasteiger partial charge in [-0.1, -0.05) is 35.3 Å². The molecule has 20 heavy (non-hydrogen) atoms. The number of carbonyl (C=O) groups is 2. The van der Waals surface area contributed by atoms with Crippen LogP contribution in [-0.4, -0.2) is 17.0 Å². The fraction of sp³-hybridized carbons (Fsp3) is 0. The molecule has 1 amide bonds. The molecule has 0 saturated carbocycles. The summed E-state index contributed by atoms with van der Waals surface area (Å²) >= 11 is 11.6. The van der Waals surface area contributed by atoms with Crippen LogP contribution >= 0.6 is 23.2 Å². The van der Waals surface area contributed by atoms with Gasteiger partial charge in [0.05, 0.1) is 21.3 Å². The number of halogens is 2. The molecule has 6 heteroatoms. The minimum absolute atomic E-state index is 0.0147. The number of rotatable bonds is 3. The minimum atomic E-state index is -1.12. The Balaban J connectivity index is 2.28. The smallest absolute Gasteiger partial charge is 0.337 e. The van der Waals surface area contributed by atoms with Crippen molar-refractivity contribution in [2.45, 2.75) is 0 Å². The van der Waals surface area contributed by atoms with Crippen LogP contribution in [0.15, 0.2) is 42.5 Å². The average molecular weight is 310 g/mol. The predicted octanol–water partition coefficient (Wildman–Crippen LogP) is 3.94. The van der Waals surface area contributed by atoms with Crippen LogP contribution in [0, 0.1) is 0 Å². The van der Waals surface area contributed by atoms with Gasteiger partial charge in [0.2, 0.25) is 0 Å². The van der Waals surface area contributed by atoms with Crippen LogP contribution in [0.4, 0.5) is 5.69 Å². The first-order valence-corrected chi connectivity index (χ1v) is 6.33. The fourth-order valence-corrected chi connectivity index (χ4v) is 1.91. The van der Waals surface area contributed by atoms with Crippen molar-refractivity contribution >= 4 is 40.8 Å². The number of carboxylic acid groups (broad SMARTS) is 1. The third kappa shape index (κ3) is 3.10. The number of amides is 1. The Bertz CT molecular complexity index is 686. The van der Waals surface area contributed by atoms with Crippen LogP contribution < -0.4 is 5.32 Å². The molecule has 2 aromatic rings. The molecular weight excluding hydrogens is 301 g/mol.